The molecule has 0 saturated carbocycles. The summed E-state index contributed by atoms with van der Waals surface area (Å²) in [4.78, 5) is 169. The summed E-state index contributed by atoms with van der Waals surface area (Å²) in [7, 11) is 11.2. The Morgan fingerprint density at radius 3 is 1.52 bits per heavy atom. The van der Waals surface area contributed by atoms with Crippen molar-refractivity contribution >= 4 is 65.0 Å². The van der Waals surface area contributed by atoms with Crippen LogP contribution in [0.3, 0.4) is 0 Å². The first-order chi connectivity index (χ1) is 41.0. The number of hydrogen-bond acceptors (Lipinski definition) is 13. The Bertz CT molecular complexity index is 2500. The van der Waals surface area contributed by atoms with Gasteiger partial charge in [0.15, 0.2) is 0 Å². The number of ether oxygens (including phenoxy) is 1. The summed E-state index contributed by atoms with van der Waals surface area (Å²) in [6, 6.07) is -12.3. The van der Waals surface area contributed by atoms with Crippen LogP contribution >= 0.6 is 0 Å². The van der Waals surface area contributed by atoms with Gasteiger partial charge in [0.2, 0.25) is 59.1 Å². The van der Waals surface area contributed by atoms with E-state index in [1.165, 1.54) is 83.0 Å². The van der Waals surface area contributed by atoms with Crippen molar-refractivity contribution in [3.63, 3.8) is 0 Å². The molecule has 11 amide bonds. The molecule has 1 fully saturated rings. The lowest BCUT2D eigenvalue weighted by Crippen LogP contribution is -2.63. The van der Waals surface area contributed by atoms with Crippen LogP contribution in [0, 0.1) is 35.5 Å². The van der Waals surface area contributed by atoms with Gasteiger partial charge in [0.05, 0.1) is 11.7 Å². The second-order valence-corrected chi connectivity index (χ2v) is 27.1. The quantitative estimate of drug-likeness (QED) is 0.108. The molecule has 1 rings (SSSR count). The van der Waals surface area contributed by atoms with Crippen molar-refractivity contribution in [1.29, 1.82) is 0 Å². The van der Waals surface area contributed by atoms with Crippen molar-refractivity contribution in [2.75, 3.05) is 56.4 Å². The molecule has 0 aliphatic carbocycles. The summed E-state index contributed by atoms with van der Waals surface area (Å²) in [5, 5.41) is 23.2. The van der Waals surface area contributed by atoms with Crippen LogP contribution in [0.25, 0.3) is 0 Å². The normalized spacial score (nSPS) is 26.5. The monoisotopic (exact) mass is 1260 g/mol. The fourth-order valence-corrected chi connectivity index (χ4v) is 10.9. The number of nitrogens with zero attached hydrogens (tertiary/aromatic N) is 7. The van der Waals surface area contributed by atoms with Crippen LogP contribution in [0.1, 0.15) is 163 Å². The number of carbonyl (C=O) groups excluding carboxylic acids is 11. The first-order valence-corrected chi connectivity index (χ1v) is 31.6. The van der Waals surface area contributed by atoms with E-state index in [1.807, 2.05) is 41.5 Å². The summed E-state index contributed by atoms with van der Waals surface area (Å²) in [5.41, 5.74) is -1.45. The van der Waals surface area contributed by atoms with Gasteiger partial charge in [-0.25, -0.2) is 0 Å². The van der Waals surface area contributed by atoms with Gasteiger partial charge in [-0.1, -0.05) is 102 Å². The predicted molar refractivity (Wildman–Crippen MR) is 344 cm³/mol. The molecule has 12 atom stereocenters. The van der Waals surface area contributed by atoms with Crippen molar-refractivity contribution < 1.29 is 62.6 Å². The van der Waals surface area contributed by atoms with E-state index >= 15 is 9.59 Å². The Labute approximate surface area is 532 Å². The van der Waals surface area contributed by atoms with Crippen molar-refractivity contribution in [3.8, 4) is 0 Å². The molecule has 24 nitrogen and oxygen atoms in total. The molecular weight excluding hydrogens is 1140 g/mol. The Morgan fingerprint density at radius 2 is 1.04 bits per heavy atom. The molecule has 1 saturated heterocycles. The third-order valence-electron chi connectivity index (χ3n) is 17.0. The number of carbonyl (C=O) groups is 11. The van der Waals surface area contributed by atoms with Gasteiger partial charge in [-0.05, 0) is 102 Å². The van der Waals surface area contributed by atoms with Crippen LogP contribution in [0.4, 0.5) is 0 Å². The van der Waals surface area contributed by atoms with E-state index in [0.717, 1.165) is 14.7 Å². The Hall–Kier alpha value is -6.43. The minimum absolute atomic E-state index is 0.0442. The lowest BCUT2D eigenvalue weighted by atomic mass is 9.91. The van der Waals surface area contributed by atoms with E-state index in [1.54, 1.807) is 81.4 Å². The highest BCUT2D eigenvalue weighted by molar-refractivity contribution is 6.02. The SMILES string of the molecule is C=C1C(=O)N(C)[C@@H](CC(C)(C)OC)C(=O)N[C@@H](C(C)C)C(=O)N(C)[C@@H](CC(C)C)C(=O)N[C@@H](C)C(=O)N[C@H](C)CC(=O)N(C)[C@@H](CC(C)C)C(=O)N(C)[C@@H](CC(C)C)C(=O)N(C)[C@@H](C(C)C)C(=O)N(C)[C@@H]([C@H](O)[C@H](C)C/C=C/C)C(=O)N[C@@H](CC)C(=O)N1C. The van der Waals surface area contributed by atoms with Crippen LogP contribution in [-0.2, 0) is 57.5 Å². The van der Waals surface area contributed by atoms with Crippen LogP contribution < -0.4 is 21.3 Å². The molecule has 0 unspecified atom stereocenters. The minimum atomic E-state index is -1.65. The maximum absolute atomic E-state index is 15.2. The number of amides is 11. The Balaban J connectivity index is 4.39. The first kappa shape index (κ1) is 80.6. The zero-order chi connectivity index (χ0) is 69.2. The van der Waals surface area contributed by atoms with Crippen LogP contribution in [-0.4, -0.2) is 233 Å². The van der Waals surface area contributed by atoms with Gasteiger partial charge in [-0.2, -0.15) is 0 Å². The van der Waals surface area contributed by atoms with Crippen molar-refractivity contribution in [1.82, 2.24) is 55.6 Å². The average Bonchev–Trinajstić information content (AvgIpc) is 1.13. The van der Waals surface area contributed by atoms with Crippen molar-refractivity contribution in [2.45, 2.75) is 235 Å². The van der Waals surface area contributed by atoms with Crippen molar-refractivity contribution in [2.24, 2.45) is 35.5 Å². The molecule has 5 N–H and O–H groups in total. The Morgan fingerprint density at radius 1 is 0.573 bits per heavy atom. The lowest BCUT2D eigenvalue weighted by Gasteiger charge is -2.41. The van der Waals surface area contributed by atoms with Gasteiger partial charge in [0.25, 0.3) is 5.91 Å². The summed E-state index contributed by atoms with van der Waals surface area (Å²) < 4.78 is 5.72. The van der Waals surface area contributed by atoms with Gasteiger partial charge in [-0.3, -0.25) is 52.7 Å². The lowest BCUT2D eigenvalue weighted by molar-refractivity contribution is -0.157. The topological polar surface area (TPSA) is 288 Å². The van der Waals surface area contributed by atoms with Crippen LogP contribution in [0.2, 0.25) is 0 Å². The number of allylic oxidation sites excluding steroid dienone is 2. The number of aliphatic hydroxyl groups excluding tert-OH is 1. The minimum Gasteiger partial charge on any atom is -0.390 e. The molecule has 1 heterocycles. The molecule has 0 radical (unpaired) electrons. The summed E-state index contributed by atoms with van der Waals surface area (Å²) in [6.45, 7) is 33.6. The fraction of sp³-hybridized carbons (Fsp3) is 0.769. The molecule has 0 aromatic carbocycles. The molecule has 89 heavy (non-hydrogen) atoms. The van der Waals surface area contributed by atoms with Crippen LogP contribution in [0.15, 0.2) is 24.4 Å². The first-order valence-electron chi connectivity index (χ1n) is 31.6. The molecule has 0 bridgehead atoms. The van der Waals surface area contributed by atoms with E-state index in [9.17, 15) is 48.3 Å². The number of hydrogen-bond donors (Lipinski definition) is 5. The van der Waals surface area contributed by atoms with Gasteiger partial charge < -0.3 is 65.4 Å². The second kappa shape index (κ2) is 35.8. The van der Waals surface area contributed by atoms with E-state index in [-0.39, 0.29) is 62.7 Å². The van der Waals surface area contributed by atoms with Crippen LogP contribution in [0.5, 0.6) is 0 Å². The maximum atomic E-state index is 15.2. The number of methoxy groups -OCH3 is 1. The maximum Gasteiger partial charge on any atom is 0.270 e. The van der Waals surface area contributed by atoms with Gasteiger partial charge in [0, 0.05) is 75.3 Å². The summed E-state index contributed by atoms with van der Waals surface area (Å²) in [5.74, 6) is -9.94. The summed E-state index contributed by atoms with van der Waals surface area (Å²) in [6.07, 6.45) is 2.40. The number of likely N-dealkylation sites (N-methyl/N-ethyl adjacent to an activating group) is 7. The van der Waals surface area contributed by atoms with E-state index < -0.39 is 161 Å². The molecule has 0 aromatic rings. The third kappa shape index (κ3) is 22.5. The zero-order valence-electron chi connectivity index (χ0n) is 58.6. The standard InChI is InChI=1S/C65H115N11O13/c1-27-29-30-41(13)54(78)53-58(82)68-45(28-2)60(84)70(19)44(16)59(83)74(23)49(35-65(17,18)89-26)57(81)69-51(39(9)10)63(87)72(21)46(31-36(3)4)56(80)67-43(15)55(79)66-42(14)34-50(77)71(20)47(32-37(5)6)61(85)73(22)48(33-38(7)8)62(86)75(24)52(40(11)12)64(88)76(53)25/h27,29,36-43,45-49,51-54,78H,16,28,30-35H2,1-15,17-26H3,(H,66,79)(H,67,80)(H,68,82)(H,69,81)/b29-27+/t41-,42-,43+,45+,46+,47+,48+,49+,51+,52+,53+,54-/m1/s1. The van der Waals surface area contributed by atoms with E-state index in [2.05, 4.69) is 27.8 Å². The van der Waals surface area contributed by atoms with E-state index in [0.29, 0.717) is 0 Å². The highest BCUT2D eigenvalue weighted by Gasteiger charge is 2.46. The molecule has 1 aliphatic heterocycles. The number of aliphatic hydroxyl groups is 1. The third-order valence-corrected chi connectivity index (χ3v) is 17.0. The molecular formula is C65H115N11O13. The number of nitrogens with one attached hydrogen (secondary N) is 4. The number of rotatable bonds is 16. The second-order valence-electron chi connectivity index (χ2n) is 27.1. The Kier molecular flexibility index (Phi) is 32.4. The average molecular weight is 1260 g/mol. The molecule has 0 spiro atoms. The summed E-state index contributed by atoms with van der Waals surface area (Å²) >= 11 is 0. The van der Waals surface area contributed by atoms with Gasteiger partial charge >= 0.3 is 0 Å². The molecule has 508 valence electrons. The molecule has 24 heteroatoms. The van der Waals surface area contributed by atoms with Gasteiger partial charge in [-0.15, -0.1) is 0 Å². The van der Waals surface area contributed by atoms with Crippen molar-refractivity contribution in [3.05, 3.63) is 24.4 Å². The van der Waals surface area contributed by atoms with Gasteiger partial charge in [0.1, 0.15) is 60.1 Å². The smallest absolute Gasteiger partial charge is 0.270 e. The highest BCUT2D eigenvalue weighted by atomic mass is 16.5. The molecule has 0 aromatic heterocycles. The van der Waals surface area contributed by atoms with E-state index in [4.69, 9.17) is 4.74 Å². The fourth-order valence-electron chi connectivity index (χ4n) is 10.9. The largest absolute Gasteiger partial charge is 0.390 e. The molecule has 1 aliphatic rings. The highest BCUT2D eigenvalue weighted by Crippen LogP contribution is 2.27. The predicted octanol–water partition coefficient (Wildman–Crippen LogP) is 3.94. The zero-order valence-corrected chi connectivity index (χ0v) is 58.6.